The molecule has 0 aliphatic rings. The van der Waals surface area contributed by atoms with E-state index in [0.29, 0.717) is 11.7 Å². The van der Waals surface area contributed by atoms with E-state index in [1.807, 2.05) is 0 Å². The molecule has 0 aliphatic heterocycles. The van der Waals surface area contributed by atoms with Crippen LogP contribution in [0.15, 0.2) is 28.8 Å². The maximum Gasteiger partial charge on any atom is 0.251 e. The number of benzene rings is 1. The van der Waals surface area contributed by atoms with Crippen molar-refractivity contribution in [3.63, 3.8) is 0 Å². The third-order valence-electron chi connectivity index (χ3n) is 2.25. The summed E-state index contributed by atoms with van der Waals surface area (Å²) in [6.07, 6.45) is 1.56. The van der Waals surface area contributed by atoms with Crippen molar-refractivity contribution in [2.45, 2.75) is 13.5 Å². The van der Waals surface area contributed by atoms with Crippen LogP contribution in [-0.4, -0.2) is 10.9 Å². The van der Waals surface area contributed by atoms with Crippen LogP contribution in [0.5, 0.6) is 0 Å². The summed E-state index contributed by atoms with van der Waals surface area (Å²) in [7, 11) is 0. The average molecular weight is 249 g/mol. The van der Waals surface area contributed by atoms with Crippen LogP contribution in [-0.2, 0) is 6.54 Å². The molecule has 0 atom stereocenters. The lowest BCUT2D eigenvalue weighted by molar-refractivity contribution is 0.0946. The molecule has 1 aromatic carbocycles. The minimum absolute atomic E-state index is 0.142. The van der Waals surface area contributed by atoms with E-state index in [1.165, 1.54) is 6.07 Å². The number of carbonyl (C=O) groups is 1. The fourth-order valence-electron chi connectivity index (χ4n) is 1.48. The first kappa shape index (κ1) is 12.1. The third-order valence-corrected chi connectivity index (χ3v) is 2.25. The summed E-state index contributed by atoms with van der Waals surface area (Å²) in [5.74, 6) is 0.0728. The van der Waals surface area contributed by atoms with Crippen LogP contribution in [0.4, 0.5) is 10.1 Å². The molecule has 0 fully saturated rings. The Balaban J connectivity index is 2.03. The van der Waals surface area contributed by atoms with Crippen LogP contribution in [0.1, 0.15) is 22.0 Å². The van der Waals surface area contributed by atoms with Crippen LogP contribution in [0.25, 0.3) is 0 Å². The number of halogens is 1. The fourth-order valence-corrected chi connectivity index (χ4v) is 1.48. The molecule has 1 aromatic heterocycles. The van der Waals surface area contributed by atoms with E-state index in [1.54, 1.807) is 13.1 Å². The number of anilines is 1. The Morgan fingerprint density at radius 1 is 1.50 bits per heavy atom. The number of aryl methyl sites for hydroxylation is 1. The fraction of sp³-hybridized carbons (Fsp3) is 0.167. The second-order valence-electron chi connectivity index (χ2n) is 3.82. The molecule has 0 bridgehead atoms. The van der Waals surface area contributed by atoms with Gasteiger partial charge in [0.1, 0.15) is 11.6 Å². The van der Waals surface area contributed by atoms with Gasteiger partial charge < -0.3 is 15.5 Å². The Morgan fingerprint density at radius 2 is 2.28 bits per heavy atom. The van der Waals surface area contributed by atoms with Crippen LogP contribution >= 0.6 is 0 Å². The monoisotopic (exact) mass is 249 g/mol. The Labute approximate surface area is 103 Å². The number of nitrogens with one attached hydrogen (secondary N) is 1. The van der Waals surface area contributed by atoms with Crippen molar-refractivity contribution >= 4 is 11.6 Å². The van der Waals surface area contributed by atoms with Crippen molar-refractivity contribution < 1.29 is 13.6 Å². The molecule has 2 aromatic rings. The van der Waals surface area contributed by atoms with Gasteiger partial charge in [-0.15, -0.1) is 0 Å². The number of amides is 1. The van der Waals surface area contributed by atoms with Crippen LogP contribution < -0.4 is 11.1 Å². The van der Waals surface area contributed by atoms with Crippen molar-refractivity contribution in [1.29, 1.82) is 0 Å². The topological polar surface area (TPSA) is 81.2 Å². The first-order valence-electron chi connectivity index (χ1n) is 5.30. The predicted molar refractivity (Wildman–Crippen MR) is 63.2 cm³/mol. The van der Waals surface area contributed by atoms with E-state index in [0.717, 1.165) is 12.1 Å². The van der Waals surface area contributed by atoms with Gasteiger partial charge in [0.15, 0.2) is 0 Å². The number of carbonyl (C=O) groups excluding carboxylic acids is 1. The lowest BCUT2D eigenvalue weighted by Gasteiger charge is -2.04. The average Bonchev–Trinajstić information content (AvgIpc) is 2.70. The zero-order valence-electron chi connectivity index (χ0n) is 9.74. The van der Waals surface area contributed by atoms with Crippen molar-refractivity contribution in [2.24, 2.45) is 0 Å². The van der Waals surface area contributed by atoms with Crippen LogP contribution in [0, 0.1) is 12.7 Å². The first-order valence-corrected chi connectivity index (χ1v) is 5.30. The van der Waals surface area contributed by atoms with Gasteiger partial charge in [0.2, 0.25) is 5.89 Å². The normalized spacial score (nSPS) is 10.3. The molecular formula is C12H12FN3O2. The van der Waals surface area contributed by atoms with Crippen molar-refractivity contribution in [2.75, 3.05) is 5.73 Å². The summed E-state index contributed by atoms with van der Waals surface area (Å²) in [5, 5.41) is 2.57. The first-order chi connectivity index (χ1) is 8.54. The summed E-state index contributed by atoms with van der Waals surface area (Å²) in [6.45, 7) is 1.90. The summed E-state index contributed by atoms with van der Waals surface area (Å²) < 4.78 is 18.3. The van der Waals surface area contributed by atoms with E-state index in [2.05, 4.69) is 10.3 Å². The predicted octanol–water partition coefficient (Wildman–Crippen LogP) is 1.63. The molecule has 0 unspecified atom stereocenters. The standard InChI is InChI=1S/C12H12FN3O2/c1-7-5-15-11(18-7)6-16-12(17)8-2-9(13)4-10(14)3-8/h2-5H,6,14H2,1H3,(H,16,17). The number of hydrogen-bond donors (Lipinski definition) is 2. The molecule has 94 valence electrons. The van der Waals surface area contributed by atoms with Crippen LogP contribution in [0.3, 0.4) is 0 Å². The van der Waals surface area contributed by atoms with Gasteiger partial charge in [0.25, 0.3) is 5.91 Å². The van der Waals surface area contributed by atoms with E-state index in [4.69, 9.17) is 10.2 Å². The highest BCUT2D eigenvalue weighted by molar-refractivity contribution is 5.94. The zero-order valence-corrected chi connectivity index (χ0v) is 9.74. The lowest BCUT2D eigenvalue weighted by atomic mass is 10.2. The van der Waals surface area contributed by atoms with Gasteiger partial charge in [-0.25, -0.2) is 9.37 Å². The SMILES string of the molecule is Cc1cnc(CNC(=O)c2cc(N)cc(F)c2)o1. The van der Waals surface area contributed by atoms with E-state index in [9.17, 15) is 9.18 Å². The smallest absolute Gasteiger partial charge is 0.251 e. The highest BCUT2D eigenvalue weighted by Crippen LogP contribution is 2.11. The van der Waals surface area contributed by atoms with Gasteiger partial charge in [-0.1, -0.05) is 0 Å². The molecule has 18 heavy (non-hydrogen) atoms. The molecular weight excluding hydrogens is 237 g/mol. The molecule has 6 heteroatoms. The second kappa shape index (κ2) is 4.87. The molecule has 5 nitrogen and oxygen atoms in total. The number of nitrogens with two attached hydrogens (primary N) is 1. The highest BCUT2D eigenvalue weighted by atomic mass is 19.1. The maximum atomic E-state index is 13.1. The van der Waals surface area contributed by atoms with E-state index < -0.39 is 11.7 Å². The Morgan fingerprint density at radius 3 is 2.89 bits per heavy atom. The number of aromatic nitrogens is 1. The van der Waals surface area contributed by atoms with Gasteiger partial charge in [-0.3, -0.25) is 4.79 Å². The lowest BCUT2D eigenvalue weighted by Crippen LogP contribution is -2.23. The minimum atomic E-state index is -0.549. The third kappa shape index (κ3) is 2.85. The Hall–Kier alpha value is -2.37. The molecule has 0 saturated heterocycles. The molecule has 0 saturated carbocycles. The summed E-state index contributed by atoms with van der Waals surface area (Å²) in [5.41, 5.74) is 5.82. The van der Waals surface area contributed by atoms with Gasteiger partial charge in [0.05, 0.1) is 12.7 Å². The van der Waals surface area contributed by atoms with Crippen molar-refractivity contribution in [3.05, 3.63) is 47.4 Å². The number of nitrogen functional groups attached to an aromatic ring is 1. The molecule has 2 rings (SSSR count). The maximum absolute atomic E-state index is 13.1. The molecule has 1 heterocycles. The minimum Gasteiger partial charge on any atom is -0.444 e. The quantitative estimate of drug-likeness (QED) is 0.810. The summed E-state index contributed by atoms with van der Waals surface area (Å²) >= 11 is 0. The molecule has 0 spiro atoms. The highest BCUT2D eigenvalue weighted by Gasteiger charge is 2.09. The second-order valence-corrected chi connectivity index (χ2v) is 3.82. The van der Waals surface area contributed by atoms with Crippen molar-refractivity contribution in [3.8, 4) is 0 Å². The van der Waals surface area contributed by atoms with E-state index >= 15 is 0 Å². The number of rotatable bonds is 3. The van der Waals surface area contributed by atoms with Crippen molar-refractivity contribution in [1.82, 2.24) is 10.3 Å². The molecule has 1 amide bonds. The van der Waals surface area contributed by atoms with Gasteiger partial charge in [-0.05, 0) is 25.1 Å². The number of oxazole rings is 1. The summed E-state index contributed by atoms with van der Waals surface area (Å²) in [4.78, 5) is 15.7. The van der Waals surface area contributed by atoms with Gasteiger partial charge in [-0.2, -0.15) is 0 Å². The zero-order chi connectivity index (χ0) is 13.1. The van der Waals surface area contributed by atoms with E-state index in [-0.39, 0.29) is 17.8 Å². The molecule has 0 radical (unpaired) electrons. The summed E-state index contributed by atoms with van der Waals surface area (Å²) in [6, 6.07) is 3.67. The van der Waals surface area contributed by atoms with Gasteiger partial charge >= 0.3 is 0 Å². The Bertz CT molecular complexity index is 560. The largest absolute Gasteiger partial charge is 0.444 e. The number of hydrogen-bond acceptors (Lipinski definition) is 4. The Kier molecular flexibility index (Phi) is 3.27. The number of nitrogens with zero attached hydrogens (tertiary/aromatic N) is 1. The van der Waals surface area contributed by atoms with Gasteiger partial charge in [0, 0.05) is 11.3 Å². The molecule has 3 N–H and O–H groups in total. The van der Waals surface area contributed by atoms with Crippen LogP contribution in [0.2, 0.25) is 0 Å². The molecule has 0 aliphatic carbocycles.